The maximum atomic E-state index is 10.6. The van der Waals surface area contributed by atoms with Gasteiger partial charge >= 0.3 is 5.97 Å². The zero-order valence-corrected chi connectivity index (χ0v) is 7.38. The highest BCUT2D eigenvalue weighted by atomic mass is 16.4. The summed E-state index contributed by atoms with van der Waals surface area (Å²) < 4.78 is 0. The monoisotopic (exact) mass is 187 g/mol. The van der Waals surface area contributed by atoms with Gasteiger partial charge in [0.2, 0.25) is 0 Å². The normalized spacial score (nSPS) is 20.4. The van der Waals surface area contributed by atoms with Crippen LogP contribution in [0.3, 0.4) is 0 Å². The molecule has 0 bridgehead atoms. The zero-order chi connectivity index (χ0) is 9.03. The standard InChI is InChI=1S/C9H17NO2.CH4/c10-7-9(6-8(11)12)4-2-1-3-5-9;/h1-7,10H2,(H,11,12);1H4. The first kappa shape index (κ1) is 12.4. The van der Waals surface area contributed by atoms with Crippen LogP contribution >= 0.6 is 0 Å². The van der Waals surface area contributed by atoms with Crippen LogP contribution in [0.15, 0.2) is 0 Å². The molecule has 1 aliphatic carbocycles. The van der Waals surface area contributed by atoms with Crippen molar-refractivity contribution in [3.05, 3.63) is 0 Å². The van der Waals surface area contributed by atoms with E-state index >= 15 is 0 Å². The van der Waals surface area contributed by atoms with Crippen LogP contribution in [0, 0.1) is 5.41 Å². The summed E-state index contributed by atoms with van der Waals surface area (Å²) in [6, 6.07) is 0. The van der Waals surface area contributed by atoms with Crippen molar-refractivity contribution >= 4 is 5.97 Å². The van der Waals surface area contributed by atoms with Crippen LogP contribution in [-0.2, 0) is 4.79 Å². The van der Waals surface area contributed by atoms with Crippen molar-refractivity contribution in [2.24, 2.45) is 11.1 Å². The fraction of sp³-hybridized carbons (Fsp3) is 0.900. The summed E-state index contributed by atoms with van der Waals surface area (Å²) in [6.07, 6.45) is 5.77. The minimum Gasteiger partial charge on any atom is -0.481 e. The van der Waals surface area contributed by atoms with E-state index < -0.39 is 5.97 Å². The topological polar surface area (TPSA) is 63.3 Å². The van der Waals surface area contributed by atoms with Crippen LogP contribution < -0.4 is 5.73 Å². The Morgan fingerprint density at radius 2 is 1.85 bits per heavy atom. The van der Waals surface area contributed by atoms with E-state index in [0.717, 1.165) is 25.7 Å². The van der Waals surface area contributed by atoms with E-state index in [9.17, 15) is 4.79 Å². The number of rotatable bonds is 3. The maximum Gasteiger partial charge on any atom is 0.303 e. The van der Waals surface area contributed by atoms with E-state index in [-0.39, 0.29) is 19.3 Å². The predicted octanol–water partition coefficient (Wildman–Crippen LogP) is 2.01. The second-order valence-electron chi connectivity index (χ2n) is 3.84. The molecule has 3 N–H and O–H groups in total. The molecular formula is C10H21NO2. The van der Waals surface area contributed by atoms with E-state index in [0.29, 0.717) is 6.54 Å². The highest BCUT2D eigenvalue weighted by Gasteiger charge is 2.32. The summed E-state index contributed by atoms with van der Waals surface area (Å²) in [5, 5.41) is 8.71. The SMILES string of the molecule is C.NCC1(CC(=O)O)CCCCC1. The van der Waals surface area contributed by atoms with Crippen molar-refractivity contribution in [2.45, 2.75) is 46.0 Å². The van der Waals surface area contributed by atoms with Gasteiger partial charge in [-0.1, -0.05) is 26.7 Å². The molecule has 0 aromatic carbocycles. The van der Waals surface area contributed by atoms with Gasteiger partial charge in [0.15, 0.2) is 0 Å². The average Bonchev–Trinajstić information content (AvgIpc) is 2.05. The van der Waals surface area contributed by atoms with Gasteiger partial charge in [-0.25, -0.2) is 0 Å². The smallest absolute Gasteiger partial charge is 0.303 e. The Hall–Kier alpha value is -0.570. The van der Waals surface area contributed by atoms with E-state index in [1.54, 1.807) is 0 Å². The molecule has 1 aliphatic rings. The number of hydrogen-bond donors (Lipinski definition) is 2. The van der Waals surface area contributed by atoms with E-state index in [1.165, 1.54) is 6.42 Å². The third-order valence-corrected chi connectivity index (χ3v) is 2.87. The first-order valence-corrected chi connectivity index (χ1v) is 4.60. The lowest BCUT2D eigenvalue weighted by Gasteiger charge is -2.34. The van der Waals surface area contributed by atoms with Crippen molar-refractivity contribution in [2.75, 3.05) is 6.54 Å². The summed E-state index contributed by atoms with van der Waals surface area (Å²) in [7, 11) is 0. The first-order chi connectivity index (χ1) is 5.68. The minimum atomic E-state index is -0.706. The van der Waals surface area contributed by atoms with E-state index in [1.807, 2.05) is 0 Å². The Balaban J connectivity index is 0.00000144. The van der Waals surface area contributed by atoms with Gasteiger partial charge in [0.05, 0.1) is 6.42 Å². The molecule has 0 aromatic rings. The minimum absolute atomic E-state index is 0. The summed E-state index contributed by atoms with van der Waals surface area (Å²) in [5.74, 6) is -0.706. The number of nitrogens with two attached hydrogens (primary N) is 1. The highest BCUT2D eigenvalue weighted by molar-refractivity contribution is 5.67. The van der Waals surface area contributed by atoms with Gasteiger partial charge in [-0.15, -0.1) is 0 Å². The Kier molecular flexibility index (Phi) is 4.99. The number of hydrogen-bond acceptors (Lipinski definition) is 2. The number of carbonyl (C=O) groups is 1. The number of carboxylic acid groups (broad SMARTS) is 1. The van der Waals surface area contributed by atoms with Crippen LogP contribution in [-0.4, -0.2) is 17.6 Å². The Bertz CT molecular complexity index is 162. The molecule has 0 heterocycles. The van der Waals surface area contributed by atoms with Gasteiger partial charge in [-0.3, -0.25) is 4.79 Å². The van der Waals surface area contributed by atoms with Gasteiger partial charge in [0.25, 0.3) is 0 Å². The molecule has 1 saturated carbocycles. The van der Waals surface area contributed by atoms with Crippen molar-refractivity contribution in [3.8, 4) is 0 Å². The molecule has 0 saturated heterocycles. The predicted molar refractivity (Wildman–Crippen MR) is 53.6 cm³/mol. The molecule has 0 aliphatic heterocycles. The third-order valence-electron chi connectivity index (χ3n) is 2.87. The Morgan fingerprint density at radius 1 is 1.31 bits per heavy atom. The van der Waals surface area contributed by atoms with Crippen molar-refractivity contribution in [3.63, 3.8) is 0 Å². The molecular weight excluding hydrogens is 166 g/mol. The lowest BCUT2D eigenvalue weighted by atomic mass is 9.72. The zero-order valence-electron chi connectivity index (χ0n) is 7.38. The molecule has 0 atom stereocenters. The molecule has 3 heteroatoms. The molecule has 1 rings (SSSR count). The number of carboxylic acids is 1. The van der Waals surface area contributed by atoms with E-state index in [4.69, 9.17) is 10.8 Å². The van der Waals surface area contributed by atoms with E-state index in [2.05, 4.69) is 0 Å². The fourth-order valence-electron chi connectivity index (χ4n) is 2.08. The molecule has 0 amide bonds. The van der Waals surface area contributed by atoms with Crippen molar-refractivity contribution < 1.29 is 9.90 Å². The lowest BCUT2D eigenvalue weighted by Crippen LogP contribution is -2.34. The van der Waals surface area contributed by atoms with Crippen LogP contribution in [0.25, 0.3) is 0 Å². The molecule has 0 unspecified atom stereocenters. The molecule has 0 aromatic heterocycles. The molecule has 0 radical (unpaired) electrons. The van der Waals surface area contributed by atoms with Gasteiger partial charge in [-0.2, -0.15) is 0 Å². The van der Waals surface area contributed by atoms with Crippen LogP contribution in [0.1, 0.15) is 46.0 Å². The average molecular weight is 187 g/mol. The Morgan fingerprint density at radius 3 is 2.23 bits per heavy atom. The summed E-state index contributed by atoms with van der Waals surface area (Å²) in [5.41, 5.74) is 5.54. The van der Waals surface area contributed by atoms with Crippen molar-refractivity contribution in [1.29, 1.82) is 0 Å². The Labute approximate surface area is 80.3 Å². The summed E-state index contributed by atoms with van der Waals surface area (Å²) in [6.45, 7) is 0.527. The highest BCUT2D eigenvalue weighted by Crippen LogP contribution is 2.38. The quantitative estimate of drug-likeness (QED) is 0.710. The van der Waals surface area contributed by atoms with Crippen LogP contribution in [0.2, 0.25) is 0 Å². The van der Waals surface area contributed by atoms with Gasteiger partial charge < -0.3 is 10.8 Å². The van der Waals surface area contributed by atoms with Gasteiger partial charge in [-0.05, 0) is 24.8 Å². The second kappa shape index (κ2) is 5.22. The fourth-order valence-corrected chi connectivity index (χ4v) is 2.08. The summed E-state index contributed by atoms with van der Waals surface area (Å²) in [4.78, 5) is 10.6. The second-order valence-corrected chi connectivity index (χ2v) is 3.84. The molecule has 78 valence electrons. The van der Waals surface area contributed by atoms with Gasteiger partial charge in [0, 0.05) is 0 Å². The molecule has 13 heavy (non-hydrogen) atoms. The largest absolute Gasteiger partial charge is 0.481 e. The third kappa shape index (κ3) is 3.35. The van der Waals surface area contributed by atoms with Crippen LogP contribution in [0.5, 0.6) is 0 Å². The first-order valence-electron chi connectivity index (χ1n) is 4.60. The van der Waals surface area contributed by atoms with Crippen LogP contribution in [0.4, 0.5) is 0 Å². The summed E-state index contributed by atoms with van der Waals surface area (Å²) >= 11 is 0. The van der Waals surface area contributed by atoms with Crippen molar-refractivity contribution in [1.82, 2.24) is 0 Å². The van der Waals surface area contributed by atoms with Gasteiger partial charge in [0.1, 0.15) is 0 Å². The molecule has 3 nitrogen and oxygen atoms in total. The number of aliphatic carboxylic acids is 1. The molecule has 1 fully saturated rings. The lowest BCUT2D eigenvalue weighted by molar-refractivity contribution is -0.140. The maximum absolute atomic E-state index is 10.6. The molecule has 0 spiro atoms.